The maximum Gasteiger partial charge on any atom is 0.237 e. The van der Waals surface area contributed by atoms with Gasteiger partial charge in [-0.05, 0) is 31.2 Å². The van der Waals surface area contributed by atoms with Crippen molar-refractivity contribution in [3.05, 3.63) is 35.9 Å². The van der Waals surface area contributed by atoms with Crippen LogP contribution in [0.15, 0.2) is 29.4 Å². The van der Waals surface area contributed by atoms with Crippen LogP contribution in [0.4, 0.5) is 10.1 Å². The van der Waals surface area contributed by atoms with Crippen LogP contribution in [0, 0.1) is 5.82 Å². The fraction of sp³-hybridized carbons (Fsp3) is 0.375. The number of amides is 2. The van der Waals surface area contributed by atoms with Crippen molar-refractivity contribution in [1.82, 2.24) is 14.8 Å². The minimum absolute atomic E-state index is 0.110. The van der Waals surface area contributed by atoms with E-state index in [0.29, 0.717) is 29.6 Å². The van der Waals surface area contributed by atoms with E-state index >= 15 is 0 Å². The molecule has 2 aromatic rings. The lowest BCUT2D eigenvalue weighted by atomic mass is 10.3. The summed E-state index contributed by atoms with van der Waals surface area (Å²) in [6, 6.07) is 5.80. The molecule has 0 atom stereocenters. The average molecular weight is 365 g/mol. The van der Waals surface area contributed by atoms with E-state index in [1.807, 2.05) is 6.92 Å². The number of nitrogens with zero attached hydrogens (tertiary/aromatic N) is 4. The van der Waals surface area contributed by atoms with Gasteiger partial charge in [0.25, 0.3) is 0 Å². The second-order valence-electron chi connectivity index (χ2n) is 5.33. The molecule has 25 heavy (non-hydrogen) atoms. The van der Waals surface area contributed by atoms with Crippen molar-refractivity contribution in [2.24, 2.45) is 12.8 Å². The minimum Gasteiger partial charge on any atom is -0.370 e. The maximum atomic E-state index is 13.0. The Balaban J connectivity index is 1.98. The van der Waals surface area contributed by atoms with Gasteiger partial charge in [0.1, 0.15) is 11.6 Å². The van der Waals surface area contributed by atoms with E-state index in [1.165, 1.54) is 23.9 Å². The van der Waals surface area contributed by atoms with Crippen LogP contribution in [0.25, 0.3) is 0 Å². The molecule has 1 heterocycles. The van der Waals surface area contributed by atoms with Gasteiger partial charge in [0.05, 0.1) is 5.75 Å². The summed E-state index contributed by atoms with van der Waals surface area (Å²) >= 11 is 1.26. The molecule has 0 saturated carbocycles. The molecule has 7 nitrogen and oxygen atoms in total. The Morgan fingerprint density at radius 1 is 1.28 bits per heavy atom. The lowest BCUT2D eigenvalue weighted by Crippen LogP contribution is -2.32. The van der Waals surface area contributed by atoms with Gasteiger partial charge in [0.15, 0.2) is 5.16 Å². The summed E-state index contributed by atoms with van der Waals surface area (Å²) in [5.74, 6) is -0.0394. The van der Waals surface area contributed by atoms with Crippen LogP contribution >= 0.6 is 11.8 Å². The second kappa shape index (κ2) is 8.61. The van der Waals surface area contributed by atoms with Gasteiger partial charge in [-0.2, -0.15) is 0 Å². The Bertz CT molecular complexity index is 747. The number of nitrogens with two attached hydrogens (primary N) is 1. The van der Waals surface area contributed by atoms with Gasteiger partial charge in [-0.25, -0.2) is 4.39 Å². The highest BCUT2D eigenvalue weighted by Crippen LogP contribution is 2.20. The molecule has 1 aromatic carbocycles. The zero-order valence-electron chi connectivity index (χ0n) is 14.1. The van der Waals surface area contributed by atoms with E-state index in [-0.39, 0.29) is 23.9 Å². The Hall–Kier alpha value is -2.42. The number of aromatic nitrogens is 3. The predicted molar refractivity (Wildman–Crippen MR) is 93.7 cm³/mol. The number of carbonyl (C=O) groups is 2. The minimum atomic E-state index is -0.398. The molecular formula is C16H20FN5O2S. The van der Waals surface area contributed by atoms with Gasteiger partial charge in [-0.1, -0.05) is 11.8 Å². The van der Waals surface area contributed by atoms with Gasteiger partial charge >= 0.3 is 0 Å². The molecule has 2 amide bonds. The van der Waals surface area contributed by atoms with Crippen LogP contribution in [0.3, 0.4) is 0 Å². The van der Waals surface area contributed by atoms with Gasteiger partial charge in [-0.3, -0.25) is 9.59 Å². The molecule has 0 radical (unpaired) electrons. The Morgan fingerprint density at radius 2 is 1.96 bits per heavy atom. The van der Waals surface area contributed by atoms with Gasteiger partial charge in [-0.15, -0.1) is 10.2 Å². The molecule has 134 valence electrons. The number of rotatable bonds is 8. The monoisotopic (exact) mass is 365 g/mol. The first kappa shape index (κ1) is 18.9. The normalized spacial score (nSPS) is 10.7. The Labute approximate surface area is 149 Å². The van der Waals surface area contributed by atoms with Crippen LogP contribution < -0.4 is 10.6 Å². The summed E-state index contributed by atoms with van der Waals surface area (Å²) in [5, 5.41) is 8.64. The first-order valence-corrected chi connectivity index (χ1v) is 8.76. The Morgan fingerprint density at radius 3 is 2.56 bits per heavy atom. The number of hydrogen-bond acceptors (Lipinski definition) is 5. The quantitative estimate of drug-likeness (QED) is 0.716. The molecule has 1 aromatic heterocycles. The lowest BCUT2D eigenvalue weighted by molar-refractivity contribution is -0.118. The number of aryl methyl sites for hydroxylation is 1. The highest BCUT2D eigenvalue weighted by Gasteiger charge is 2.17. The highest BCUT2D eigenvalue weighted by atomic mass is 32.2. The van der Waals surface area contributed by atoms with E-state index in [2.05, 4.69) is 10.2 Å². The SMILES string of the molecule is CCN(C(=O)CSc1nnc(CCC(N)=O)n1C)c1ccc(F)cc1. The molecular weight excluding hydrogens is 345 g/mol. The first-order valence-electron chi connectivity index (χ1n) is 7.77. The summed E-state index contributed by atoms with van der Waals surface area (Å²) in [7, 11) is 1.78. The van der Waals surface area contributed by atoms with Crippen molar-refractivity contribution >= 4 is 29.3 Å². The van der Waals surface area contributed by atoms with Crippen LogP contribution in [0.5, 0.6) is 0 Å². The third-order valence-electron chi connectivity index (χ3n) is 3.60. The Kier molecular flexibility index (Phi) is 6.51. The van der Waals surface area contributed by atoms with Crippen LogP contribution in [-0.2, 0) is 23.1 Å². The standard InChI is InChI=1S/C16H20FN5O2S/c1-3-22(12-6-4-11(17)5-7-12)15(24)10-25-16-20-19-14(21(16)2)9-8-13(18)23/h4-7H,3,8-10H2,1-2H3,(H2,18,23). The smallest absolute Gasteiger partial charge is 0.237 e. The number of hydrogen-bond donors (Lipinski definition) is 1. The van der Waals surface area contributed by atoms with Crippen LogP contribution in [-0.4, -0.2) is 38.9 Å². The maximum absolute atomic E-state index is 13.0. The number of benzene rings is 1. The molecule has 0 unspecified atom stereocenters. The molecule has 0 fully saturated rings. The zero-order valence-corrected chi connectivity index (χ0v) is 14.9. The van der Waals surface area contributed by atoms with E-state index in [0.717, 1.165) is 0 Å². The fourth-order valence-corrected chi connectivity index (χ4v) is 3.06. The highest BCUT2D eigenvalue weighted by molar-refractivity contribution is 7.99. The lowest BCUT2D eigenvalue weighted by Gasteiger charge is -2.20. The van der Waals surface area contributed by atoms with Crippen molar-refractivity contribution in [3.8, 4) is 0 Å². The van der Waals surface area contributed by atoms with E-state index in [9.17, 15) is 14.0 Å². The molecule has 0 saturated heterocycles. The topological polar surface area (TPSA) is 94.1 Å². The van der Waals surface area contributed by atoms with E-state index < -0.39 is 5.91 Å². The van der Waals surface area contributed by atoms with Gasteiger partial charge in [0.2, 0.25) is 11.8 Å². The molecule has 9 heteroatoms. The molecule has 0 bridgehead atoms. The summed E-state index contributed by atoms with van der Waals surface area (Å²) in [5.41, 5.74) is 5.78. The molecule has 0 spiro atoms. The summed E-state index contributed by atoms with van der Waals surface area (Å²) in [6.45, 7) is 2.34. The van der Waals surface area contributed by atoms with Gasteiger partial charge in [0, 0.05) is 32.1 Å². The average Bonchev–Trinajstić information content (AvgIpc) is 2.93. The summed E-state index contributed by atoms with van der Waals surface area (Å²) in [6.07, 6.45) is 0.605. The van der Waals surface area contributed by atoms with Crippen LogP contribution in [0.1, 0.15) is 19.2 Å². The summed E-state index contributed by atoms with van der Waals surface area (Å²) in [4.78, 5) is 24.9. The number of anilines is 1. The van der Waals surface area contributed by atoms with E-state index in [1.54, 1.807) is 28.6 Å². The zero-order chi connectivity index (χ0) is 18.4. The van der Waals surface area contributed by atoms with Crippen molar-refractivity contribution in [2.75, 3.05) is 17.2 Å². The molecule has 0 aliphatic carbocycles. The summed E-state index contributed by atoms with van der Waals surface area (Å²) < 4.78 is 14.8. The third kappa shape index (κ3) is 5.02. The third-order valence-corrected chi connectivity index (χ3v) is 4.61. The fourth-order valence-electron chi connectivity index (χ4n) is 2.25. The van der Waals surface area contributed by atoms with Crippen molar-refractivity contribution in [2.45, 2.75) is 24.9 Å². The number of thioether (sulfide) groups is 1. The number of carbonyl (C=O) groups excluding carboxylic acids is 2. The number of primary amides is 1. The van der Waals surface area contributed by atoms with E-state index in [4.69, 9.17) is 5.73 Å². The van der Waals surface area contributed by atoms with Crippen molar-refractivity contribution in [3.63, 3.8) is 0 Å². The van der Waals surface area contributed by atoms with Crippen LogP contribution in [0.2, 0.25) is 0 Å². The van der Waals surface area contributed by atoms with Crippen molar-refractivity contribution < 1.29 is 14.0 Å². The first-order chi connectivity index (χ1) is 11.9. The predicted octanol–water partition coefficient (Wildman–Crippen LogP) is 1.52. The van der Waals surface area contributed by atoms with Gasteiger partial charge < -0.3 is 15.2 Å². The molecule has 2 rings (SSSR count). The van der Waals surface area contributed by atoms with Crippen molar-refractivity contribution in [1.29, 1.82) is 0 Å². The molecule has 2 N–H and O–H groups in total. The number of halogens is 1. The second-order valence-corrected chi connectivity index (χ2v) is 6.27. The molecule has 0 aliphatic rings. The largest absolute Gasteiger partial charge is 0.370 e. The molecule has 0 aliphatic heterocycles.